The van der Waals surface area contributed by atoms with E-state index in [2.05, 4.69) is 31.4 Å². The first-order chi connectivity index (χ1) is 7.66. The fourth-order valence-corrected chi connectivity index (χ4v) is 2.03. The first kappa shape index (κ1) is 11.2. The second-order valence-corrected chi connectivity index (χ2v) is 4.91. The van der Waals surface area contributed by atoms with Crippen LogP contribution in [0.25, 0.3) is 0 Å². The van der Waals surface area contributed by atoms with Crippen molar-refractivity contribution in [2.24, 2.45) is 0 Å². The molecule has 0 aliphatic rings. The van der Waals surface area contributed by atoms with Crippen LogP contribution < -0.4 is 5.32 Å². The van der Waals surface area contributed by atoms with Crippen molar-refractivity contribution in [2.75, 3.05) is 5.32 Å². The van der Waals surface area contributed by atoms with Gasteiger partial charge in [-0.05, 0) is 24.6 Å². The Morgan fingerprint density at radius 3 is 3.00 bits per heavy atom. The summed E-state index contributed by atoms with van der Waals surface area (Å²) in [4.78, 5) is 11.9. The van der Waals surface area contributed by atoms with Crippen LogP contribution in [-0.4, -0.2) is 16.1 Å². The van der Waals surface area contributed by atoms with Gasteiger partial charge in [0.2, 0.25) is 5.13 Å². The van der Waals surface area contributed by atoms with Crippen molar-refractivity contribution < 1.29 is 4.79 Å². The standard InChI is InChI=1S/C10H8BrN3OS/c1-6-2-3-7(11)4-8(6)9(15)13-10-14-12-5-16-10/h2-5H,1H3,(H,13,14,15). The molecule has 1 amide bonds. The number of carbonyl (C=O) groups is 1. The summed E-state index contributed by atoms with van der Waals surface area (Å²) in [5.41, 5.74) is 3.12. The molecule has 0 saturated carbocycles. The Labute approximate surface area is 105 Å². The molecule has 0 bridgehead atoms. The zero-order valence-corrected chi connectivity index (χ0v) is 10.8. The molecule has 0 fully saturated rings. The minimum Gasteiger partial charge on any atom is -0.296 e. The van der Waals surface area contributed by atoms with E-state index in [1.54, 1.807) is 11.6 Å². The Kier molecular flexibility index (Phi) is 3.31. The van der Waals surface area contributed by atoms with Gasteiger partial charge in [-0.25, -0.2) is 0 Å². The average Bonchev–Trinajstić information content (AvgIpc) is 2.74. The normalized spacial score (nSPS) is 10.1. The number of anilines is 1. The number of aromatic nitrogens is 2. The molecule has 1 aromatic heterocycles. The summed E-state index contributed by atoms with van der Waals surface area (Å²) >= 11 is 4.63. The Morgan fingerprint density at radius 2 is 2.31 bits per heavy atom. The number of rotatable bonds is 2. The van der Waals surface area contributed by atoms with E-state index in [1.165, 1.54) is 11.3 Å². The predicted molar refractivity (Wildman–Crippen MR) is 66.7 cm³/mol. The minimum atomic E-state index is -0.171. The van der Waals surface area contributed by atoms with Crippen LogP contribution in [0.3, 0.4) is 0 Å². The monoisotopic (exact) mass is 297 g/mol. The summed E-state index contributed by atoms with van der Waals surface area (Å²) in [6.07, 6.45) is 0. The van der Waals surface area contributed by atoms with Crippen molar-refractivity contribution in [3.8, 4) is 0 Å². The van der Waals surface area contributed by atoms with E-state index in [-0.39, 0.29) is 5.91 Å². The molecule has 6 heteroatoms. The maximum absolute atomic E-state index is 11.9. The number of carbonyl (C=O) groups excluding carboxylic acids is 1. The van der Waals surface area contributed by atoms with E-state index < -0.39 is 0 Å². The van der Waals surface area contributed by atoms with Gasteiger partial charge in [-0.1, -0.05) is 33.3 Å². The van der Waals surface area contributed by atoms with Crippen molar-refractivity contribution in [1.82, 2.24) is 10.2 Å². The molecular weight excluding hydrogens is 290 g/mol. The van der Waals surface area contributed by atoms with E-state index in [0.717, 1.165) is 10.0 Å². The average molecular weight is 298 g/mol. The largest absolute Gasteiger partial charge is 0.296 e. The Hall–Kier alpha value is -1.27. The maximum atomic E-state index is 11.9. The third kappa shape index (κ3) is 2.45. The van der Waals surface area contributed by atoms with Gasteiger partial charge in [0, 0.05) is 10.0 Å². The van der Waals surface area contributed by atoms with E-state index in [0.29, 0.717) is 10.7 Å². The van der Waals surface area contributed by atoms with Crippen LogP contribution in [0.2, 0.25) is 0 Å². The molecule has 4 nitrogen and oxygen atoms in total. The molecule has 0 radical (unpaired) electrons. The molecule has 1 N–H and O–H groups in total. The summed E-state index contributed by atoms with van der Waals surface area (Å²) in [5, 5.41) is 10.6. The van der Waals surface area contributed by atoms with Crippen LogP contribution in [0.4, 0.5) is 5.13 Å². The van der Waals surface area contributed by atoms with Crippen LogP contribution >= 0.6 is 27.3 Å². The highest BCUT2D eigenvalue weighted by atomic mass is 79.9. The Morgan fingerprint density at radius 1 is 1.50 bits per heavy atom. The molecule has 16 heavy (non-hydrogen) atoms. The zero-order chi connectivity index (χ0) is 11.5. The third-order valence-electron chi connectivity index (χ3n) is 2.02. The van der Waals surface area contributed by atoms with Crippen molar-refractivity contribution in [3.05, 3.63) is 39.3 Å². The van der Waals surface area contributed by atoms with Gasteiger partial charge in [0.15, 0.2) is 0 Å². The van der Waals surface area contributed by atoms with Crippen LogP contribution in [-0.2, 0) is 0 Å². The van der Waals surface area contributed by atoms with Crippen molar-refractivity contribution >= 4 is 38.3 Å². The lowest BCUT2D eigenvalue weighted by molar-refractivity contribution is 0.102. The number of nitrogens with zero attached hydrogens (tertiary/aromatic N) is 2. The second kappa shape index (κ2) is 4.71. The van der Waals surface area contributed by atoms with Crippen LogP contribution in [0.1, 0.15) is 15.9 Å². The highest BCUT2D eigenvalue weighted by Crippen LogP contribution is 2.18. The predicted octanol–water partition coefficient (Wildman–Crippen LogP) is 2.86. The minimum absolute atomic E-state index is 0.171. The molecule has 0 atom stereocenters. The summed E-state index contributed by atoms with van der Waals surface area (Å²) in [5.74, 6) is -0.171. The lowest BCUT2D eigenvalue weighted by Crippen LogP contribution is -2.13. The molecule has 2 aromatic rings. The number of amides is 1. The first-order valence-electron chi connectivity index (χ1n) is 4.50. The molecule has 1 heterocycles. The lowest BCUT2D eigenvalue weighted by Gasteiger charge is -2.05. The quantitative estimate of drug-likeness (QED) is 0.927. The molecule has 2 rings (SSSR count). The smallest absolute Gasteiger partial charge is 0.257 e. The summed E-state index contributed by atoms with van der Waals surface area (Å²) < 4.78 is 0.875. The Bertz CT molecular complexity index is 513. The number of hydrogen-bond donors (Lipinski definition) is 1. The molecule has 0 unspecified atom stereocenters. The fourth-order valence-electron chi connectivity index (χ4n) is 1.23. The summed E-state index contributed by atoms with van der Waals surface area (Å²) in [7, 11) is 0. The lowest BCUT2D eigenvalue weighted by atomic mass is 10.1. The number of nitrogens with one attached hydrogen (secondary N) is 1. The zero-order valence-electron chi connectivity index (χ0n) is 8.40. The molecule has 0 aliphatic carbocycles. The van der Waals surface area contributed by atoms with Crippen molar-refractivity contribution in [2.45, 2.75) is 6.92 Å². The molecule has 82 valence electrons. The molecule has 0 saturated heterocycles. The van der Waals surface area contributed by atoms with Gasteiger partial charge in [-0.15, -0.1) is 10.2 Å². The van der Waals surface area contributed by atoms with Gasteiger partial charge in [-0.2, -0.15) is 0 Å². The van der Waals surface area contributed by atoms with Gasteiger partial charge in [0.25, 0.3) is 5.91 Å². The summed E-state index contributed by atoms with van der Waals surface area (Å²) in [6.45, 7) is 1.89. The van der Waals surface area contributed by atoms with E-state index in [9.17, 15) is 4.79 Å². The van der Waals surface area contributed by atoms with Crippen LogP contribution in [0.5, 0.6) is 0 Å². The first-order valence-corrected chi connectivity index (χ1v) is 6.18. The van der Waals surface area contributed by atoms with Gasteiger partial charge < -0.3 is 0 Å². The molecule has 0 aliphatic heterocycles. The van der Waals surface area contributed by atoms with Crippen molar-refractivity contribution in [1.29, 1.82) is 0 Å². The van der Waals surface area contributed by atoms with Crippen LogP contribution in [0, 0.1) is 6.92 Å². The molecular formula is C10H8BrN3OS. The SMILES string of the molecule is Cc1ccc(Br)cc1C(=O)Nc1nncs1. The summed E-state index contributed by atoms with van der Waals surface area (Å²) in [6, 6.07) is 5.57. The highest BCUT2D eigenvalue weighted by Gasteiger charge is 2.10. The van der Waals surface area contributed by atoms with Gasteiger partial charge >= 0.3 is 0 Å². The molecule has 1 aromatic carbocycles. The number of hydrogen-bond acceptors (Lipinski definition) is 4. The highest BCUT2D eigenvalue weighted by molar-refractivity contribution is 9.10. The number of halogens is 1. The number of benzene rings is 1. The van der Waals surface area contributed by atoms with E-state index in [1.807, 2.05) is 19.1 Å². The van der Waals surface area contributed by atoms with E-state index >= 15 is 0 Å². The second-order valence-electron chi connectivity index (χ2n) is 3.16. The van der Waals surface area contributed by atoms with Crippen LogP contribution in [0.15, 0.2) is 28.2 Å². The maximum Gasteiger partial charge on any atom is 0.257 e. The van der Waals surface area contributed by atoms with Gasteiger partial charge in [-0.3, -0.25) is 10.1 Å². The topological polar surface area (TPSA) is 54.9 Å². The third-order valence-corrected chi connectivity index (χ3v) is 3.12. The van der Waals surface area contributed by atoms with Crippen molar-refractivity contribution in [3.63, 3.8) is 0 Å². The molecule has 0 spiro atoms. The van der Waals surface area contributed by atoms with Gasteiger partial charge in [0.05, 0.1) is 0 Å². The van der Waals surface area contributed by atoms with E-state index in [4.69, 9.17) is 0 Å². The van der Waals surface area contributed by atoms with Gasteiger partial charge in [0.1, 0.15) is 5.51 Å². The fraction of sp³-hybridized carbons (Fsp3) is 0.100. The Balaban J connectivity index is 2.24. The number of aryl methyl sites for hydroxylation is 1.